The Kier molecular flexibility index (Phi) is 6.00. The van der Waals surface area contributed by atoms with Crippen molar-refractivity contribution in [2.75, 3.05) is 18.2 Å². The smallest absolute Gasteiger partial charge is 0.267 e. The number of hydrogen-bond donors (Lipinski definition) is 1. The van der Waals surface area contributed by atoms with E-state index in [1.807, 2.05) is 72.8 Å². The van der Waals surface area contributed by atoms with Gasteiger partial charge in [-0.2, -0.15) is 0 Å². The topological polar surface area (TPSA) is 90.5 Å². The monoisotopic (exact) mass is 485 g/mol. The van der Waals surface area contributed by atoms with Crippen LogP contribution in [0.15, 0.2) is 76.7 Å². The maximum Gasteiger partial charge on any atom is 0.267 e. The second-order valence-corrected chi connectivity index (χ2v) is 9.07. The number of carbonyl (C=O) groups excluding carboxylic acids is 1. The lowest BCUT2D eigenvalue weighted by Crippen LogP contribution is -2.22. The summed E-state index contributed by atoms with van der Waals surface area (Å²) in [5.41, 5.74) is 3.94. The molecule has 0 fully saturated rings. The van der Waals surface area contributed by atoms with Crippen LogP contribution in [-0.4, -0.2) is 37.9 Å². The van der Waals surface area contributed by atoms with Crippen LogP contribution < -0.4 is 15.6 Å². The SMILES string of the molecule is COc1cccc(-n2c(=O)c3ccccc3n3c(SCC(=O)Nc4cc(C)ccc4C)nnc23)c1. The standard InChI is InChI=1S/C26H23N5O3S/c1-16-11-12-17(2)21(13-16)27-23(32)15-35-26-29-28-25-30(18-7-6-8-19(14-18)34-3)24(33)20-9-4-5-10-22(20)31(25)26/h4-14H,15H2,1-3H3,(H,27,32). The van der Waals surface area contributed by atoms with E-state index in [-0.39, 0.29) is 17.2 Å². The summed E-state index contributed by atoms with van der Waals surface area (Å²) in [6.45, 7) is 3.94. The first kappa shape index (κ1) is 22.7. The van der Waals surface area contributed by atoms with Gasteiger partial charge >= 0.3 is 0 Å². The quantitative estimate of drug-likeness (QED) is 0.359. The van der Waals surface area contributed by atoms with Gasteiger partial charge in [0.1, 0.15) is 5.75 Å². The van der Waals surface area contributed by atoms with E-state index < -0.39 is 0 Å². The highest BCUT2D eigenvalue weighted by atomic mass is 32.2. The van der Waals surface area contributed by atoms with Crippen LogP contribution in [0.2, 0.25) is 0 Å². The van der Waals surface area contributed by atoms with Gasteiger partial charge in [0.2, 0.25) is 11.7 Å². The second kappa shape index (κ2) is 9.27. The first-order valence-corrected chi connectivity index (χ1v) is 12.0. The van der Waals surface area contributed by atoms with Gasteiger partial charge in [-0.3, -0.25) is 14.0 Å². The molecule has 5 aromatic rings. The molecule has 2 heterocycles. The molecule has 35 heavy (non-hydrogen) atoms. The maximum absolute atomic E-state index is 13.5. The van der Waals surface area contributed by atoms with Crippen LogP contribution in [0.3, 0.4) is 0 Å². The van der Waals surface area contributed by atoms with Crippen LogP contribution >= 0.6 is 11.8 Å². The van der Waals surface area contributed by atoms with Gasteiger partial charge in [-0.1, -0.05) is 42.1 Å². The van der Waals surface area contributed by atoms with Crippen LogP contribution in [-0.2, 0) is 4.79 Å². The summed E-state index contributed by atoms with van der Waals surface area (Å²) in [7, 11) is 1.58. The van der Waals surface area contributed by atoms with E-state index in [0.717, 1.165) is 16.8 Å². The number of methoxy groups -OCH3 is 1. The van der Waals surface area contributed by atoms with Gasteiger partial charge in [0.15, 0.2) is 5.16 Å². The number of thioether (sulfide) groups is 1. The first-order valence-electron chi connectivity index (χ1n) is 11.0. The second-order valence-electron chi connectivity index (χ2n) is 8.13. The first-order chi connectivity index (χ1) is 17.0. The Hall–Kier alpha value is -4.11. The minimum absolute atomic E-state index is 0.140. The summed E-state index contributed by atoms with van der Waals surface area (Å²) < 4.78 is 8.67. The number of ether oxygens (including phenoxy) is 1. The number of carbonyl (C=O) groups is 1. The Morgan fingerprint density at radius 2 is 1.86 bits per heavy atom. The molecule has 0 radical (unpaired) electrons. The Balaban J connectivity index is 1.55. The minimum Gasteiger partial charge on any atom is -0.497 e. The predicted molar refractivity (Wildman–Crippen MR) is 138 cm³/mol. The number of anilines is 1. The van der Waals surface area contributed by atoms with E-state index >= 15 is 0 Å². The minimum atomic E-state index is -0.210. The maximum atomic E-state index is 13.5. The summed E-state index contributed by atoms with van der Waals surface area (Å²) in [5, 5.41) is 12.7. The highest BCUT2D eigenvalue weighted by Gasteiger charge is 2.19. The zero-order chi connectivity index (χ0) is 24.5. The molecule has 5 rings (SSSR count). The zero-order valence-electron chi connectivity index (χ0n) is 19.5. The van der Waals surface area contributed by atoms with Crippen LogP contribution in [0.4, 0.5) is 5.69 Å². The van der Waals surface area contributed by atoms with Crippen molar-refractivity contribution in [2.45, 2.75) is 19.0 Å². The number of aromatic nitrogens is 4. The molecule has 0 aliphatic heterocycles. The third-order valence-corrected chi connectivity index (χ3v) is 6.63. The van der Waals surface area contributed by atoms with E-state index in [1.165, 1.54) is 16.3 Å². The molecule has 0 aliphatic rings. The number of fused-ring (bicyclic) bond motifs is 3. The van der Waals surface area contributed by atoms with Gasteiger partial charge in [0.05, 0.1) is 29.5 Å². The van der Waals surface area contributed by atoms with Gasteiger partial charge in [-0.25, -0.2) is 4.57 Å². The molecule has 8 nitrogen and oxygen atoms in total. The Morgan fingerprint density at radius 1 is 1.03 bits per heavy atom. The highest BCUT2D eigenvalue weighted by Crippen LogP contribution is 2.25. The van der Waals surface area contributed by atoms with Crippen LogP contribution in [0.25, 0.3) is 22.4 Å². The molecule has 3 aromatic carbocycles. The summed E-state index contributed by atoms with van der Waals surface area (Å²) in [6.07, 6.45) is 0. The third-order valence-electron chi connectivity index (χ3n) is 5.71. The van der Waals surface area contributed by atoms with Crippen LogP contribution in [0, 0.1) is 13.8 Å². The number of aryl methyl sites for hydroxylation is 2. The number of rotatable bonds is 6. The number of hydrogen-bond acceptors (Lipinski definition) is 6. The number of benzene rings is 3. The van der Waals surface area contributed by atoms with Crippen molar-refractivity contribution in [3.63, 3.8) is 0 Å². The number of nitrogens with one attached hydrogen (secondary N) is 1. The van der Waals surface area contributed by atoms with Gasteiger partial charge in [-0.05, 0) is 55.3 Å². The zero-order valence-corrected chi connectivity index (χ0v) is 20.3. The number of nitrogens with zero attached hydrogens (tertiary/aromatic N) is 4. The van der Waals surface area contributed by atoms with Crippen LogP contribution in [0.5, 0.6) is 5.75 Å². The van der Waals surface area contributed by atoms with E-state index in [0.29, 0.717) is 33.3 Å². The van der Waals surface area contributed by atoms with Gasteiger partial charge in [-0.15, -0.1) is 10.2 Å². The molecule has 0 atom stereocenters. The Labute approximate surface area is 205 Å². The third kappa shape index (κ3) is 4.26. The molecular weight excluding hydrogens is 462 g/mol. The summed E-state index contributed by atoms with van der Waals surface area (Å²) in [4.78, 5) is 26.2. The molecule has 0 saturated heterocycles. The molecule has 0 aliphatic carbocycles. The van der Waals surface area contributed by atoms with Crippen molar-refractivity contribution in [1.29, 1.82) is 0 Å². The fourth-order valence-electron chi connectivity index (χ4n) is 3.94. The lowest BCUT2D eigenvalue weighted by atomic mass is 10.1. The number of amides is 1. The van der Waals surface area contributed by atoms with Gasteiger partial charge in [0, 0.05) is 11.8 Å². The van der Waals surface area contributed by atoms with E-state index in [2.05, 4.69) is 15.5 Å². The van der Waals surface area contributed by atoms with Crippen molar-refractivity contribution in [1.82, 2.24) is 19.2 Å². The molecular formula is C26H23N5O3S. The molecule has 1 N–H and O–H groups in total. The van der Waals surface area contributed by atoms with Gasteiger partial charge < -0.3 is 10.1 Å². The fraction of sp³-hybridized carbons (Fsp3) is 0.154. The fourth-order valence-corrected chi connectivity index (χ4v) is 4.68. The molecule has 0 spiro atoms. The van der Waals surface area contributed by atoms with Gasteiger partial charge in [0.25, 0.3) is 5.56 Å². The van der Waals surface area contributed by atoms with Crippen molar-refractivity contribution in [3.8, 4) is 11.4 Å². The summed E-state index contributed by atoms with van der Waals surface area (Å²) in [6, 6.07) is 20.5. The highest BCUT2D eigenvalue weighted by molar-refractivity contribution is 7.99. The van der Waals surface area contributed by atoms with Crippen molar-refractivity contribution < 1.29 is 9.53 Å². The number of para-hydroxylation sites is 1. The van der Waals surface area contributed by atoms with E-state index in [1.54, 1.807) is 19.2 Å². The molecule has 9 heteroatoms. The largest absolute Gasteiger partial charge is 0.497 e. The average molecular weight is 486 g/mol. The molecule has 2 aromatic heterocycles. The Bertz CT molecular complexity index is 1640. The molecule has 0 bridgehead atoms. The van der Waals surface area contributed by atoms with Crippen LogP contribution in [0.1, 0.15) is 11.1 Å². The average Bonchev–Trinajstić information content (AvgIpc) is 3.29. The van der Waals surface area contributed by atoms with Crippen molar-refractivity contribution in [2.24, 2.45) is 0 Å². The van der Waals surface area contributed by atoms with Crippen molar-refractivity contribution >= 4 is 40.0 Å². The summed E-state index contributed by atoms with van der Waals surface area (Å²) >= 11 is 1.26. The molecule has 0 saturated carbocycles. The van der Waals surface area contributed by atoms with E-state index in [9.17, 15) is 9.59 Å². The summed E-state index contributed by atoms with van der Waals surface area (Å²) in [5.74, 6) is 0.976. The normalized spacial score (nSPS) is 11.2. The van der Waals surface area contributed by atoms with E-state index in [4.69, 9.17) is 4.74 Å². The predicted octanol–water partition coefficient (Wildman–Crippen LogP) is 4.39. The Morgan fingerprint density at radius 3 is 2.69 bits per heavy atom. The molecule has 1 amide bonds. The molecule has 0 unspecified atom stereocenters. The lowest BCUT2D eigenvalue weighted by molar-refractivity contribution is -0.113. The van der Waals surface area contributed by atoms with Crippen molar-refractivity contribution in [3.05, 3.63) is 88.2 Å². The molecule has 176 valence electrons. The lowest BCUT2D eigenvalue weighted by Gasteiger charge is -2.12.